The Hall–Kier alpha value is -2.67. The van der Waals surface area contributed by atoms with Gasteiger partial charge in [0.15, 0.2) is 11.0 Å². The van der Waals surface area contributed by atoms with Gasteiger partial charge in [0.2, 0.25) is 15.9 Å². The molecule has 176 valence electrons. The molecule has 1 atom stereocenters. The molecule has 1 fully saturated rings. The first-order chi connectivity index (χ1) is 15.9. The van der Waals surface area contributed by atoms with Gasteiger partial charge < -0.3 is 14.5 Å². The Morgan fingerprint density at radius 2 is 2.00 bits per heavy atom. The minimum Gasteiger partial charge on any atom is -0.467 e. The molecule has 3 heterocycles. The predicted molar refractivity (Wildman–Crippen MR) is 122 cm³/mol. The van der Waals surface area contributed by atoms with Gasteiger partial charge in [0, 0.05) is 25.7 Å². The minimum absolute atomic E-state index is 0.132. The lowest BCUT2D eigenvalue weighted by molar-refractivity contribution is -0.119. The summed E-state index contributed by atoms with van der Waals surface area (Å²) in [6.45, 7) is 3.50. The molecule has 0 bridgehead atoms. The number of carbonyl (C=O) groups is 1. The number of morpholine rings is 1. The van der Waals surface area contributed by atoms with E-state index in [9.17, 15) is 13.2 Å². The molecule has 1 aliphatic heterocycles. The van der Waals surface area contributed by atoms with E-state index in [-0.39, 0.29) is 10.8 Å². The Kier molecular flexibility index (Phi) is 7.17. The highest BCUT2D eigenvalue weighted by Crippen LogP contribution is 2.29. The van der Waals surface area contributed by atoms with Crippen molar-refractivity contribution >= 4 is 27.7 Å². The van der Waals surface area contributed by atoms with Gasteiger partial charge in [-0.3, -0.25) is 9.36 Å². The van der Waals surface area contributed by atoms with Crippen molar-refractivity contribution in [1.82, 2.24) is 24.4 Å². The normalized spacial score (nSPS) is 15.9. The molecule has 0 unspecified atom stereocenters. The Bertz CT molecular complexity index is 1200. The highest BCUT2D eigenvalue weighted by Gasteiger charge is 2.27. The molecular formula is C21H25N5O5S2. The van der Waals surface area contributed by atoms with Crippen LogP contribution in [0.15, 0.2) is 57.1 Å². The van der Waals surface area contributed by atoms with E-state index in [1.54, 1.807) is 50.6 Å². The number of rotatable bonds is 8. The summed E-state index contributed by atoms with van der Waals surface area (Å²) in [7, 11) is -2.08. The number of ether oxygens (including phenoxy) is 1. The molecular weight excluding hydrogens is 466 g/mol. The van der Waals surface area contributed by atoms with E-state index < -0.39 is 15.3 Å². The maximum atomic E-state index is 13.1. The molecule has 0 aliphatic carbocycles. The zero-order chi connectivity index (χ0) is 23.4. The van der Waals surface area contributed by atoms with Crippen LogP contribution in [0.4, 0.5) is 0 Å². The molecule has 4 rings (SSSR count). The van der Waals surface area contributed by atoms with Gasteiger partial charge in [0.25, 0.3) is 0 Å². The van der Waals surface area contributed by atoms with Gasteiger partial charge in [0.05, 0.1) is 36.2 Å². The van der Waals surface area contributed by atoms with Crippen molar-refractivity contribution in [1.29, 1.82) is 0 Å². The van der Waals surface area contributed by atoms with E-state index in [1.807, 2.05) is 10.6 Å². The van der Waals surface area contributed by atoms with Crippen LogP contribution >= 0.6 is 11.8 Å². The zero-order valence-corrected chi connectivity index (χ0v) is 19.9. The number of amides is 1. The third kappa shape index (κ3) is 5.13. The van der Waals surface area contributed by atoms with Crippen molar-refractivity contribution in [3.05, 3.63) is 48.4 Å². The molecule has 1 aromatic carbocycles. The first kappa shape index (κ1) is 23.5. The van der Waals surface area contributed by atoms with Crippen LogP contribution in [0.3, 0.4) is 0 Å². The minimum atomic E-state index is -3.66. The van der Waals surface area contributed by atoms with E-state index in [4.69, 9.17) is 9.15 Å². The molecule has 1 N–H and O–H groups in total. The molecule has 1 aliphatic rings. The molecule has 1 amide bonds. The van der Waals surface area contributed by atoms with Gasteiger partial charge in [-0.1, -0.05) is 23.9 Å². The number of furan rings is 1. The summed E-state index contributed by atoms with van der Waals surface area (Å²) in [5, 5.41) is 11.4. The molecule has 0 spiro atoms. The van der Waals surface area contributed by atoms with Gasteiger partial charge in [-0.25, -0.2) is 8.42 Å². The van der Waals surface area contributed by atoms with E-state index in [0.29, 0.717) is 55.2 Å². The second-order valence-electron chi connectivity index (χ2n) is 7.39. The van der Waals surface area contributed by atoms with Crippen LogP contribution in [0.1, 0.15) is 12.7 Å². The number of thioether (sulfide) groups is 1. The van der Waals surface area contributed by atoms with E-state index in [0.717, 1.165) is 0 Å². The molecule has 3 aromatic rings. The quantitative estimate of drug-likeness (QED) is 0.474. The highest BCUT2D eigenvalue weighted by atomic mass is 32.2. The lowest BCUT2D eigenvalue weighted by Crippen LogP contribution is -2.40. The lowest BCUT2D eigenvalue weighted by atomic mass is 10.2. The second-order valence-corrected chi connectivity index (χ2v) is 10.6. The molecule has 12 heteroatoms. The number of hydrogen-bond acceptors (Lipinski definition) is 8. The third-order valence-electron chi connectivity index (χ3n) is 5.21. The summed E-state index contributed by atoms with van der Waals surface area (Å²) in [5.74, 6) is 1.03. The monoisotopic (exact) mass is 491 g/mol. The van der Waals surface area contributed by atoms with Gasteiger partial charge in [0.1, 0.15) is 5.76 Å². The number of benzene rings is 1. The second kappa shape index (κ2) is 10.1. The average Bonchev–Trinajstić information content (AvgIpc) is 3.50. The number of nitrogens with one attached hydrogen (secondary N) is 1. The van der Waals surface area contributed by atoms with Crippen LogP contribution in [0.5, 0.6) is 0 Å². The van der Waals surface area contributed by atoms with Crippen molar-refractivity contribution in [2.45, 2.75) is 28.8 Å². The van der Waals surface area contributed by atoms with Crippen LogP contribution in [0, 0.1) is 0 Å². The Morgan fingerprint density at radius 3 is 2.70 bits per heavy atom. The highest BCUT2D eigenvalue weighted by molar-refractivity contribution is 8.00. The van der Waals surface area contributed by atoms with Crippen LogP contribution in [-0.2, 0) is 26.1 Å². The molecule has 10 nitrogen and oxygen atoms in total. The maximum absolute atomic E-state index is 13.1. The number of aromatic nitrogens is 3. The number of carbonyl (C=O) groups excluding carboxylic acids is 1. The fraction of sp³-hybridized carbons (Fsp3) is 0.381. The Labute approximate surface area is 196 Å². The summed E-state index contributed by atoms with van der Waals surface area (Å²) >= 11 is 1.27. The fourth-order valence-corrected chi connectivity index (χ4v) is 5.80. The van der Waals surface area contributed by atoms with Crippen LogP contribution < -0.4 is 5.32 Å². The first-order valence-electron chi connectivity index (χ1n) is 10.4. The van der Waals surface area contributed by atoms with Crippen LogP contribution in [0.25, 0.3) is 11.4 Å². The van der Waals surface area contributed by atoms with Gasteiger partial charge in [-0.15, -0.1) is 10.2 Å². The van der Waals surface area contributed by atoms with E-state index in [1.165, 1.54) is 16.1 Å². The topological polar surface area (TPSA) is 120 Å². The molecule has 33 heavy (non-hydrogen) atoms. The molecule has 2 aromatic heterocycles. The SMILES string of the molecule is CNC(=O)[C@@H](C)Sc1nnc(-c2cccc(S(=O)(=O)N3CCOCC3)c2)n1Cc1ccco1. The zero-order valence-electron chi connectivity index (χ0n) is 18.3. The summed E-state index contributed by atoms with van der Waals surface area (Å²) in [5.41, 5.74) is 0.600. The van der Waals surface area contributed by atoms with Gasteiger partial charge in [-0.05, 0) is 31.2 Å². The van der Waals surface area contributed by atoms with Gasteiger partial charge in [-0.2, -0.15) is 4.31 Å². The fourth-order valence-electron chi connectivity index (χ4n) is 3.44. The first-order valence-corrected chi connectivity index (χ1v) is 12.7. The molecule has 1 saturated heterocycles. The van der Waals surface area contributed by atoms with Crippen molar-refractivity contribution in [3.8, 4) is 11.4 Å². The summed E-state index contributed by atoms with van der Waals surface area (Å²) in [6, 6.07) is 10.3. The van der Waals surface area contributed by atoms with E-state index in [2.05, 4.69) is 15.5 Å². The standard InChI is InChI=1S/C21H25N5O5S2/c1-15(20(27)22-2)32-21-24-23-19(26(21)14-17-6-4-10-31-17)16-5-3-7-18(13-16)33(28,29)25-8-11-30-12-9-25/h3-7,10,13,15H,8-9,11-12,14H2,1-2H3,(H,22,27)/t15-/m1/s1. The molecule has 0 saturated carbocycles. The Balaban J connectivity index is 1.71. The van der Waals surface area contributed by atoms with Gasteiger partial charge >= 0.3 is 0 Å². The van der Waals surface area contributed by atoms with Crippen molar-refractivity contribution in [2.75, 3.05) is 33.4 Å². The summed E-state index contributed by atoms with van der Waals surface area (Å²) < 4.78 is 40.3. The number of nitrogens with zero attached hydrogens (tertiary/aromatic N) is 4. The third-order valence-corrected chi connectivity index (χ3v) is 8.18. The molecule has 0 radical (unpaired) electrons. The predicted octanol–water partition coefficient (Wildman–Crippen LogP) is 1.83. The summed E-state index contributed by atoms with van der Waals surface area (Å²) in [4.78, 5) is 12.2. The Morgan fingerprint density at radius 1 is 1.21 bits per heavy atom. The van der Waals surface area contributed by atoms with Crippen LogP contribution in [-0.4, -0.2) is 72.0 Å². The summed E-state index contributed by atoms with van der Waals surface area (Å²) in [6.07, 6.45) is 1.58. The smallest absolute Gasteiger partial charge is 0.243 e. The van der Waals surface area contributed by atoms with Crippen LogP contribution in [0.2, 0.25) is 0 Å². The average molecular weight is 492 g/mol. The van der Waals surface area contributed by atoms with E-state index >= 15 is 0 Å². The number of hydrogen-bond donors (Lipinski definition) is 1. The number of sulfonamides is 1. The lowest BCUT2D eigenvalue weighted by Gasteiger charge is -2.26. The van der Waals surface area contributed by atoms with Crippen molar-refractivity contribution < 1.29 is 22.4 Å². The van der Waals surface area contributed by atoms with Crippen molar-refractivity contribution in [2.24, 2.45) is 0 Å². The van der Waals surface area contributed by atoms with Crippen molar-refractivity contribution in [3.63, 3.8) is 0 Å². The maximum Gasteiger partial charge on any atom is 0.243 e. The largest absolute Gasteiger partial charge is 0.467 e.